The van der Waals surface area contributed by atoms with Crippen molar-refractivity contribution in [2.45, 2.75) is 142 Å². The van der Waals surface area contributed by atoms with E-state index in [0.717, 1.165) is 40.1 Å². The number of benzene rings is 6. The quantitative estimate of drug-likeness (QED) is 0.118. The Hall–Kier alpha value is -6.74. The average Bonchev–Trinajstić information content (AvgIpc) is 3.91. The van der Waals surface area contributed by atoms with E-state index in [1.807, 2.05) is 24.3 Å². The van der Waals surface area contributed by atoms with Gasteiger partial charge in [0.15, 0.2) is 0 Å². The predicted molar refractivity (Wildman–Crippen MR) is 299 cm³/mol. The van der Waals surface area contributed by atoms with E-state index in [9.17, 15) is 0 Å². The van der Waals surface area contributed by atoms with Crippen molar-refractivity contribution in [3.63, 3.8) is 0 Å². The van der Waals surface area contributed by atoms with E-state index in [1.165, 1.54) is 44.5 Å². The standard InChI is InChI=1S/C64H79N5O4/c1-61(2,3)47-33-41(34-48(37-47)62(4,5)6)39-68-57(45-21-29-53(72-15)30-22-45)58(46-23-31-54(73-16)32-24-46)69(40-42-35-49(63(7,8)9)38-50(36-42)64(10,11)12)60(68)67-59-65-55(43-17-25-51(70-13)26-18-43)56(66-59)44-19-27-52(71-14)28-20-44/h17-38,55-58H,39-40H2,1-16H3,(H,65,66)/p+1/t55-,56-,57-,58-/m0/s1. The molecule has 384 valence electrons. The van der Waals surface area contributed by atoms with Crippen molar-refractivity contribution in [2.75, 3.05) is 28.4 Å². The van der Waals surface area contributed by atoms with Crippen LogP contribution in [0.1, 0.15) is 163 Å². The van der Waals surface area contributed by atoms with Gasteiger partial charge in [0.25, 0.3) is 5.96 Å². The van der Waals surface area contributed by atoms with E-state index in [2.05, 4.69) is 212 Å². The van der Waals surface area contributed by atoms with Crippen molar-refractivity contribution in [3.05, 3.63) is 189 Å². The summed E-state index contributed by atoms with van der Waals surface area (Å²) in [6, 6.07) is 47.7. The Kier molecular flexibility index (Phi) is 14.9. The lowest BCUT2D eigenvalue weighted by Gasteiger charge is -2.29. The molecule has 2 aliphatic rings. The molecule has 9 heteroatoms. The Labute approximate surface area is 436 Å². The Bertz CT molecular complexity index is 2870. The molecule has 8 rings (SSSR count). The monoisotopic (exact) mass is 983 g/mol. The van der Waals surface area contributed by atoms with E-state index < -0.39 is 0 Å². The molecule has 2 aliphatic heterocycles. The summed E-state index contributed by atoms with van der Waals surface area (Å²) in [7, 11) is 6.87. The molecule has 0 fully saturated rings. The molecule has 0 amide bonds. The number of nitrogens with zero attached hydrogens (tertiary/aromatic N) is 3. The fourth-order valence-corrected chi connectivity index (χ4v) is 10.1. The summed E-state index contributed by atoms with van der Waals surface area (Å²) in [6.07, 6.45) is 0. The van der Waals surface area contributed by atoms with Gasteiger partial charge in [0.05, 0.1) is 47.6 Å². The molecule has 0 spiro atoms. The van der Waals surface area contributed by atoms with Crippen molar-refractivity contribution in [2.24, 2.45) is 4.99 Å². The van der Waals surface area contributed by atoms with Crippen LogP contribution in [-0.2, 0) is 34.7 Å². The zero-order valence-electron chi connectivity index (χ0n) is 46.4. The Morgan fingerprint density at radius 1 is 0.479 bits per heavy atom. The molecule has 0 aliphatic carbocycles. The molecule has 0 saturated heterocycles. The van der Waals surface area contributed by atoms with Crippen molar-refractivity contribution in [3.8, 4) is 23.0 Å². The third-order valence-corrected chi connectivity index (χ3v) is 14.6. The summed E-state index contributed by atoms with van der Waals surface area (Å²) < 4.78 is 25.4. The molecule has 6 aromatic rings. The summed E-state index contributed by atoms with van der Waals surface area (Å²) in [5.74, 6) is 4.87. The highest BCUT2D eigenvalue weighted by molar-refractivity contribution is 5.98. The lowest BCUT2D eigenvalue weighted by molar-refractivity contribution is -0.583. The molecule has 6 aromatic carbocycles. The molecule has 0 unspecified atom stereocenters. The van der Waals surface area contributed by atoms with Gasteiger partial charge in [0.2, 0.25) is 0 Å². The van der Waals surface area contributed by atoms with Crippen LogP contribution in [0.4, 0.5) is 0 Å². The average molecular weight is 983 g/mol. The van der Waals surface area contributed by atoms with Crippen LogP contribution in [0.25, 0.3) is 0 Å². The van der Waals surface area contributed by atoms with Crippen molar-refractivity contribution in [1.82, 2.24) is 15.5 Å². The van der Waals surface area contributed by atoms with Crippen LogP contribution in [0.2, 0.25) is 0 Å². The van der Waals surface area contributed by atoms with Crippen LogP contribution >= 0.6 is 0 Å². The van der Waals surface area contributed by atoms with Crippen LogP contribution in [0.15, 0.2) is 138 Å². The highest BCUT2D eigenvalue weighted by atomic mass is 16.5. The largest absolute Gasteiger partial charge is 0.497 e. The van der Waals surface area contributed by atoms with Gasteiger partial charge in [-0.2, -0.15) is 0 Å². The van der Waals surface area contributed by atoms with Gasteiger partial charge in [-0.1, -0.05) is 168 Å². The summed E-state index contributed by atoms with van der Waals surface area (Å²) in [5, 5.41) is 8.03. The van der Waals surface area contributed by atoms with Gasteiger partial charge >= 0.3 is 5.96 Å². The molecule has 9 nitrogen and oxygen atoms in total. The number of ether oxygens (including phenoxy) is 4. The van der Waals surface area contributed by atoms with Crippen LogP contribution in [0, 0.1) is 0 Å². The first-order valence-corrected chi connectivity index (χ1v) is 25.8. The van der Waals surface area contributed by atoms with Crippen molar-refractivity contribution >= 4 is 11.9 Å². The second-order valence-electron chi connectivity index (χ2n) is 24.1. The number of nitrogens with one attached hydrogen (secondary N) is 2. The first-order valence-electron chi connectivity index (χ1n) is 25.8. The van der Waals surface area contributed by atoms with Gasteiger partial charge in [-0.25, -0.2) is 19.8 Å². The first kappa shape index (κ1) is 52.6. The molecule has 0 radical (unpaired) electrons. The SMILES string of the molecule is COc1ccc([C@@H]2N=C(NC3=[N+](Cc4cc(C(C)(C)C)cc(C(C)(C)C)c4)[C@@H](c4ccc(OC)cc4)[C@H](c4ccc(OC)cc4)N3Cc3cc(C(C)(C)C)cc(C(C)(C)C)c3)N[C@H]2c2ccc(OC)cc2)cc1. The van der Waals surface area contributed by atoms with Crippen LogP contribution < -0.4 is 29.6 Å². The number of methoxy groups -OCH3 is 4. The topological polar surface area (TPSA) is 79.6 Å². The maximum absolute atomic E-state index is 5.79. The van der Waals surface area contributed by atoms with Gasteiger partial charge in [-0.15, -0.1) is 0 Å². The highest BCUT2D eigenvalue weighted by Gasteiger charge is 2.50. The van der Waals surface area contributed by atoms with E-state index in [0.29, 0.717) is 19.0 Å². The maximum atomic E-state index is 5.79. The van der Waals surface area contributed by atoms with E-state index in [1.54, 1.807) is 28.4 Å². The van der Waals surface area contributed by atoms with E-state index in [4.69, 9.17) is 23.9 Å². The van der Waals surface area contributed by atoms with E-state index in [-0.39, 0.29) is 45.8 Å². The minimum Gasteiger partial charge on any atom is -0.497 e. The Morgan fingerprint density at radius 2 is 0.849 bits per heavy atom. The zero-order chi connectivity index (χ0) is 52.6. The van der Waals surface area contributed by atoms with Gasteiger partial charge in [0, 0.05) is 0 Å². The number of hydrogen-bond acceptors (Lipinski definition) is 8. The molecule has 4 atom stereocenters. The molecular weight excluding hydrogens is 903 g/mol. The van der Waals surface area contributed by atoms with Crippen LogP contribution in [0.5, 0.6) is 23.0 Å². The lowest BCUT2D eigenvalue weighted by Crippen LogP contribution is -2.48. The second-order valence-corrected chi connectivity index (χ2v) is 24.1. The van der Waals surface area contributed by atoms with Crippen LogP contribution in [0.3, 0.4) is 0 Å². The number of guanidine groups is 2. The Morgan fingerprint density at radius 3 is 1.25 bits per heavy atom. The highest BCUT2D eigenvalue weighted by Crippen LogP contribution is 2.46. The first-order chi connectivity index (χ1) is 34.5. The Balaban J connectivity index is 1.41. The third kappa shape index (κ3) is 11.7. The van der Waals surface area contributed by atoms with Gasteiger partial charge in [-0.05, 0) is 126 Å². The third-order valence-electron chi connectivity index (χ3n) is 14.6. The van der Waals surface area contributed by atoms with Crippen molar-refractivity contribution < 1.29 is 23.5 Å². The molecular formula is C64H80N5O4+. The normalized spacial score (nSPS) is 18.4. The summed E-state index contributed by atoms with van der Waals surface area (Å²) >= 11 is 0. The van der Waals surface area contributed by atoms with Gasteiger partial charge in [-0.3, -0.25) is 0 Å². The van der Waals surface area contributed by atoms with Gasteiger partial charge < -0.3 is 24.3 Å². The summed E-state index contributed by atoms with van der Waals surface area (Å²) in [6.45, 7) is 29.0. The van der Waals surface area contributed by atoms with E-state index >= 15 is 0 Å². The van der Waals surface area contributed by atoms with Crippen LogP contribution in [-0.4, -0.2) is 49.8 Å². The smallest absolute Gasteiger partial charge is 0.357 e. The number of hydrogen-bond donors (Lipinski definition) is 2. The lowest BCUT2D eigenvalue weighted by atomic mass is 9.79. The van der Waals surface area contributed by atoms with Crippen molar-refractivity contribution in [1.29, 1.82) is 0 Å². The summed E-state index contributed by atoms with van der Waals surface area (Å²) in [4.78, 5) is 8.20. The second kappa shape index (κ2) is 20.6. The predicted octanol–water partition coefficient (Wildman–Crippen LogP) is 13.8. The molecule has 73 heavy (non-hydrogen) atoms. The molecule has 2 heterocycles. The fourth-order valence-electron chi connectivity index (χ4n) is 10.1. The molecule has 2 N–H and O–H groups in total. The number of aliphatic imine (C=N–C) groups is 1. The zero-order valence-corrected chi connectivity index (χ0v) is 46.4. The molecule has 0 saturated carbocycles. The number of rotatable bonds is 12. The minimum atomic E-state index is -0.254. The molecule has 0 aromatic heterocycles. The van der Waals surface area contributed by atoms with Gasteiger partial charge in [0.1, 0.15) is 41.1 Å². The minimum absolute atomic E-state index is 0.0723. The molecule has 0 bridgehead atoms. The maximum Gasteiger partial charge on any atom is 0.357 e. The fraction of sp³-hybridized carbons (Fsp3) is 0.406. The summed E-state index contributed by atoms with van der Waals surface area (Å²) in [5.41, 5.74) is 11.9.